The van der Waals surface area contributed by atoms with Crippen LogP contribution in [0, 0.1) is 0 Å². The van der Waals surface area contributed by atoms with Crippen LogP contribution >= 0.6 is 46.4 Å². The first kappa shape index (κ1) is 21.7. The Bertz CT molecular complexity index is 809. The molecule has 22 heavy (non-hydrogen) atoms. The zero-order valence-electron chi connectivity index (χ0n) is 10.8. The first-order chi connectivity index (χ1) is 9.32. The molecule has 0 spiro atoms. The van der Waals surface area contributed by atoms with E-state index in [9.17, 15) is 16.8 Å². The molecule has 1 aromatic carbocycles. The van der Waals surface area contributed by atoms with Gasteiger partial charge >= 0.3 is 51.4 Å². The van der Waals surface area contributed by atoms with Gasteiger partial charge < -0.3 is 5.32 Å². The van der Waals surface area contributed by atoms with Crippen LogP contribution in [-0.4, -0.2) is 26.8 Å². The Morgan fingerprint density at radius 1 is 1.23 bits per heavy atom. The van der Waals surface area contributed by atoms with Crippen LogP contribution in [0.4, 0.5) is 5.69 Å². The SMILES string of the molecule is NS(=O)(=O)c1cc2c(cc1Cl)NC(C(Cl)(Cl)Cl)NS2(=O)=O.[K+]. The maximum atomic E-state index is 12.1. The van der Waals surface area contributed by atoms with E-state index < -0.39 is 34.9 Å². The minimum atomic E-state index is -4.19. The van der Waals surface area contributed by atoms with Crippen molar-refractivity contribution in [1.82, 2.24) is 4.72 Å². The molecule has 0 radical (unpaired) electrons. The normalized spacial score (nSPS) is 20.5. The van der Waals surface area contributed by atoms with Crippen molar-refractivity contribution < 1.29 is 68.2 Å². The van der Waals surface area contributed by atoms with Crippen LogP contribution in [0.5, 0.6) is 0 Å². The minimum absolute atomic E-state index is 0. The number of benzene rings is 1. The van der Waals surface area contributed by atoms with E-state index in [1.807, 2.05) is 0 Å². The second-order valence-electron chi connectivity index (χ2n) is 4.06. The summed E-state index contributed by atoms with van der Waals surface area (Å²) in [5.41, 5.74) is -0.0116. The fourth-order valence-electron chi connectivity index (χ4n) is 1.64. The van der Waals surface area contributed by atoms with Crippen LogP contribution in [0.3, 0.4) is 0 Å². The van der Waals surface area contributed by atoms with E-state index in [0.29, 0.717) is 0 Å². The third kappa shape index (κ3) is 4.62. The number of halogens is 4. The molecule has 0 aliphatic carbocycles. The summed E-state index contributed by atoms with van der Waals surface area (Å²) in [6, 6.07) is 1.91. The van der Waals surface area contributed by atoms with Crippen molar-refractivity contribution in [2.24, 2.45) is 5.14 Å². The molecular formula is C8H7Cl4KN3O4S2+. The van der Waals surface area contributed by atoms with Crippen LogP contribution < -0.4 is 66.6 Å². The van der Waals surface area contributed by atoms with Crippen LogP contribution in [-0.2, 0) is 20.0 Å². The molecule has 0 saturated carbocycles. The molecule has 1 unspecified atom stereocenters. The van der Waals surface area contributed by atoms with Gasteiger partial charge in [-0.2, -0.15) is 4.72 Å². The van der Waals surface area contributed by atoms with Gasteiger partial charge in [0.25, 0.3) is 0 Å². The Morgan fingerprint density at radius 2 is 1.77 bits per heavy atom. The Labute approximate surface area is 189 Å². The van der Waals surface area contributed by atoms with Crippen molar-refractivity contribution in [3.63, 3.8) is 0 Å². The molecule has 0 aromatic heterocycles. The maximum Gasteiger partial charge on any atom is 1.00 e. The number of alkyl halides is 3. The van der Waals surface area contributed by atoms with E-state index in [1.54, 1.807) is 0 Å². The second kappa shape index (κ2) is 7.10. The summed E-state index contributed by atoms with van der Waals surface area (Å²) in [5, 5.41) is 7.31. The van der Waals surface area contributed by atoms with E-state index in [1.165, 1.54) is 0 Å². The molecule has 0 fully saturated rings. The summed E-state index contributed by atoms with van der Waals surface area (Å²) in [5.74, 6) is 0. The van der Waals surface area contributed by atoms with Gasteiger partial charge in [0.15, 0.2) is 0 Å². The quantitative estimate of drug-likeness (QED) is 0.349. The third-order valence-corrected chi connectivity index (χ3v) is 6.02. The monoisotopic (exact) mass is 452 g/mol. The molecule has 2 rings (SSSR count). The van der Waals surface area contributed by atoms with E-state index in [2.05, 4.69) is 10.0 Å². The number of nitrogens with two attached hydrogens (primary N) is 1. The van der Waals surface area contributed by atoms with Gasteiger partial charge in [-0.25, -0.2) is 22.0 Å². The summed E-state index contributed by atoms with van der Waals surface area (Å²) >= 11 is 22.7. The molecule has 1 atom stereocenters. The molecule has 0 amide bonds. The van der Waals surface area contributed by atoms with Crippen LogP contribution in [0.1, 0.15) is 0 Å². The largest absolute Gasteiger partial charge is 1.00 e. The Hall–Kier alpha value is 1.64. The molecule has 0 bridgehead atoms. The van der Waals surface area contributed by atoms with E-state index >= 15 is 0 Å². The number of anilines is 1. The Balaban J connectivity index is 0.00000242. The summed E-state index contributed by atoms with van der Waals surface area (Å²) in [7, 11) is -8.31. The summed E-state index contributed by atoms with van der Waals surface area (Å²) in [6.45, 7) is 0. The van der Waals surface area contributed by atoms with Gasteiger partial charge in [0.2, 0.25) is 23.8 Å². The molecule has 1 aliphatic heterocycles. The number of sulfonamides is 2. The summed E-state index contributed by atoms with van der Waals surface area (Å²) in [6.07, 6.45) is -1.25. The van der Waals surface area contributed by atoms with Crippen molar-refractivity contribution in [3.05, 3.63) is 17.2 Å². The number of hydrogen-bond donors (Lipinski definition) is 3. The first-order valence-corrected chi connectivity index (χ1v) is 9.58. The van der Waals surface area contributed by atoms with Gasteiger partial charge in [-0.05, 0) is 12.1 Å². The molecule has 0 saturated heterocycles. The fraction of sp³-hybridized carbons (Fsp3) is 0.250. The standard InChI is InChI=1S/C8H7Cl4N3O4S2.K/c9-3-1-4-6(2-5(3)20(13,16)17)21(18,19)15-7(14-4)8(10,11)12;/h1-2,7,14-15H,(H2,13,16,17);/q;+1. The van der Waals surface area contributed by atoms with Gasteiger partial charge in [0.05, 0.1) is 10.7 Å². The van der Waals surface area contributed by atoms with Crippen LogP contribution in [0.25, 0.3) is 0 Å². The van der Waals surface area contributed by atoms with Gasteiger partial charge in [-0.1, -0.05) is 46.4 Å². The zero-order chi connectivity index (χ0) is 16.2. The molecule has 1 aliphatic rings. The molecule has 4 N–H and O–H groups in total. The van der Waals surface area contributed by atoms with Crippen LogP contribution in [0.15, 0.2) is 21.9 Å². The summed E-state index contributed by atoms with van der Waals surface area (Å²) < 4.78 is 47.1. The second-order valence-corrected chi connectivity index (χ2v) is 10.1. The van der Waals surface area contributed by atoms with Gasteiger partial charge in [-0.15, -0.1) is 0 Å². The summed E-state index contributed by atoms with van der Waals surface area (Å²) in [4.78, 5) is -0.899. The molecule has 7 nitrogen and oxygen atoms in total. The minimum Gasteiger partial charge on any atom is -0.364 e. The predicted octanol–water partition coefficient (Wildman–Crippen LogP) is -1.61. The smallest absolute Gasteiger partial charge is 0.364 e. The Kier molecular flexibility index (Phi) is 7.00. The van der Waals surface area contributed by atoms with Crippen molar-refractivity contribution in [3.8, 4) is 0 Å². The van der Waals surface area contributed by atoms with E-state index in [4.69, 9.17) is 51.5 Å². The predicted molar refractivity (Wildman–Crippen MR) is 80.8 cm³/mol. The Morgan fingerprint density at radius 3 is 2.23 bits per heavy atom. The molecular weight excluding hydrogens is 447 g/mol. The fourth-order valence-corrected chi connectivity index (χ4v) is 4.69. The first-order valence-electron chi connectivity index (χ1n) is 5.04. The average molecular weight is 454 g/mol. The van der Waals surface area contributed by atoms with Crippen molar-refractivity contribution >= 4 is 72.1 Å². The van der Waals surface area contributed by atoms with Crippen molar-refractivity contribution in [1.29, 1.82) is 0 Å². The number of rotatable bonds is 1. The topological polar surface area (TPSA) is 118 Å². The number of hydrogen-bond acceptors (Lipinski definition) is 5. The number of primary sulfonamides is 1. The maximum absolute atomic E-state index is 12.1. The van der Waals surface area contributed by atoms with E-state index in [-0.39, 0.29) is 67.0 Å². The zero-order valence-corrected chi connectivity index (χ0v) is 18.6. The van der Waals surface area contributed by atoms with Crippen LogP contribution in [0.2, 0.25) is 5.02 Å². The molecule has 1 heterocycles. The van der Waals surface area contributed by atoms with Crippen molar-refractivity contribution in [2.45, 2.75) is 19.7 Å². The average Bonchev–Trinajstić information content (AvgIpc) is 2.23. The molecule has 1 aromatic rings. The van der Waals surface area contributed by atoms with Gasteiger partial charge in [0, 0.05) is 0 Å². The van der Waals surface area contributed by atoms with E-state index in [0.717, 1.165) is 12.1 Å². The number of nitrogens with one attached hydrogen (secondary N) is 2. The number of fused-ring (bicyclic) bond motifs is 1. The van der Waals surface area contributed by atoms with Crippen molar-refractivity contribution in [2.75, 3.05) is 5.32 Å². The van der Waals surface area contributed by atoms with Gasteiger partial charge in [-0.3, -0.25) is 0 Å². The third-order valence-electron chi connectivity index (χ3n) is 2.53. The van der Waals surface area contributed by atoms with Gasteiger partial charge in [0.1, 0.15) is 16.0 Å². The molecule has 118 valence electrons. The molecule has 14 heteroatoms.